The Morgan fingerprint density at radius 3 is 1.83 bits per heavy atom. The molecule has 0 saturated heterocycles. The van der Waals surface area contributed by atoms with Gasteiger partial charge in [-0.3, -0.25) is 0 Å². The highest BCUT2D eigenvalue weighted by Crippen LogP contribution is 2.58. The van der Waals surface area contributed by atoms with Gasteiger partial charge in [0, 0.05) is 5.02 Å². The maximum atomic E-state index is 6.48. The van der Waals surface area contributed by atoms with Crippen LogP contribution in [-0.2, 0) is 10.8 Å². The van der Waals surface area contributed by atoms with Crippen LogP contribution in [0.4, 0.5) is 0 Å². The molecule has 0 radical (unpaired) electrons. The summed E-state index contributed by atoms with van der Waals surface area (Å²) in [5.41, 5.74) is 11.1. The van der Waals surface area contributed by atoms with Crippen molar-refractivity contribution < 1.29 is 0 Å². The van der Waals surface area contributed by atoms with Gasteiger partial charge in [0.25, 0.3) is 0 Å². The molecule has 0 amide bonds. The van der Waals surface area contributed by atoms with Crippen molar-refractivity contribution in [2.45, 2.75) is 31.6 Å². The highest BCUT2D eigenvalue weighted by atomic mass is 35.5. The molecule has 0 bridgehead atoms. The lowest BCUT2D eigenvalue weighted by Gasteiger charge is -2.36. The fraction of sp³-hybridized carbons (Fsp3) is 0.143. The Balaban J connectivity index is 1.77. The van der Waals surface area contributed by atoms with E-state index < -0.39 is 5.41 Å². The first-order valence-electron chi connectivity index (χ1n) is 12.6. The van der Waals surface area contributed by atoms with Gasteiger partial charge in [0.1, 0.15) is 0 Å². The Labute approximate surface area is 219 Å². The van der Waals surface area contributed by atoms with E-state index in [1.165, 1.54) is 44.5 Å². The fourth-order valence-electron chi connectivity index (χ4n) is 5.91. The lowest BCUT2D eigenvalue weighted by molar-refractivity contribution is 0.590. The smallest absolute Gasteiger partial charge is 0.0719 e. The first kappa shape index (κ1) is 22.8. The Morgan fingerprint density at radius 2 is 1.14 bits per heavy atom. The van der Waals surface area contributed by atoms with Gasteiger partial charge in [0.05, 0.1) is 5.41 Å². The monoisotopic (exact) mass is 484 g/mol. The maximum Gasteiger partial charge on any atom is 0.0719 e. The summed E-state index contributed by atoms with van der Waals surface area (Å²) in [4.78, 5) is 0. The van der Waals surface area contributed by atoms with Gasteiger partial charge in [-0.25, -0.2) is 0 Å². The molecule has 1 aliphatic rings. The van der Waals surface area contributed by atoms with Crippen molar-refractivity contribution in [2.75, 3.05) is 0 Å². The molecule has 1 atom stereocenters. The summed E-state index contributed by atoms with van der Waals surface area (Å²) in [6, 6.07) is 44.1. The first-order chi connectivity index (χ1) is 17.4. The van der Waals surface area contributed by atoms with Crippen molar-refractivity contribution >= 4 is 11.6 Å². The summed E-state index contributed by atoms with van der Waals surface area (Å²) in [5.74, 6) is 0. The van der Waals surface area contributed by atoms with Crippen molar-refractivity contribution in [1.82, 2.24) is 0 Å². The van der Waals surface area contributed by atoms with E-state index in [4.69, 9.17) is 11.6 Å². The van der Waals surface area contributed by atoms with Crippen LogP contribution >= 0.6 is 11.6 Å². The van der Waals surface area contributed by atoms with E-state index in [-0.39, 0.29) is 5.41 Å². The number of hydrogen-bond acceptors (Lipinski definition) is 0. The minimum Gasteiger partial charge on any atom is -0.0843 e. The predicted molar refractivity (Wildman–Crippen MR) is 153 cm³/mol. The Hall–Kier alpha value is -3.61. The third-order valence-corrected chi connectivity index (χ3v) is 7.82. The molecule has 0 nitrogen and oxygen atoms in total. The minimum atomic E-state index is -0.442. The molecule has 5 aromatic rings. The summed E-state index contributed by atoms with van der Waals surface area (Å²) in [6.07, 6.45) is 0. The highest BCUT2D eigenvalue weighted by Gasteiger charge is 2.47. The van der Waals surface area contributed by atoms with Crippen LogP contribution in [0.25, 0.3) is 22.3 Å². The molecule has 0 saturated carbocycles. The predicted octanol–water partition coefficient (Wildman–Crippen LogP) is 9.67. The second kappa shape index (κ2) is 8.50. The summed E-state index contributed by atoms with van der Waals surface area (Å²) >= 11 is 6.48. The van der Waals surface area contributed by atoms with Gasteiger partial charge in [-0.1, -0.05) is 142 Å². The zero-order valence-corrected chi connectivity index (χ0v) is 21.7. The average Bonchev–Trinajstić information content (AvgIpc) is 3.19. The second-order valence-electron chi connectivity index (χ2n) is 10.7. The van der Waals surface area contributed by atoms with Gasteiger partial charge in [-0.2, -0.15) is 0 Å². The van der Waals surface area contributed by atoms with E-state index in [0.29, 0.717) is 0 Å². The molecule has 1 aliphatic carbocycles. The van der Waals surface area contributed by atoms with Gasteiger partial charge in [-0.15, -0.1) is 0 Å². The molecule has 0 aliphatic heterocycles. The zero-order chi connectivity index (χ0) is 24.9. The largest absolute Gasteiger partial charge is 0.0843 e. The van der Waals surface area contributed by atoms with Gasteiger partial charge < -0.3 is 0 Å². The summed E-state index contributed by atoms with van der Waals surface area (Å²) in [5, 5.41) is 0.748. The number of benzene rings is 5. The number of fused-ring (bicyclic) bond motifs is 3. The Bertz CT molecular complexity index is 1570. The fourth-order valence-corrected chi connectivity index (χ4v) is 6.10. The van der Waals surface area contributed by atoms with Gasteiger partial charge in [0.2, 0.25) is 0 Å². The van der Waals surface area contributed by atoms with Gasteiger partial charge in [-0.05, 0) is 67.6 Å². The number of rotatable bonds is 3. The van der Waals surface area contributed by atoms with Crippen molar-refractivity contribution in [1.29, 1.82) is 0 Å². The van der Waals surface area contributed by atoms with Crippen molar-refractivity contribution in [3.05, 3.63) is 154 Å². The molecular formula is C35H29Cl. The molecule has 0 N–H and O–H groups in total. The molecule has 1 heteroatoms. The van der Waals surface area contributed by atoms with Crippen LogP contribution in [0.1, 0.15) is 48.6 Å². The molecule has 5 aromatic carbocycles. The highest BCUT2D eigenvalue weighted by molar-refractivity contribution is 6.30. The van der Waals surface area contributed by atoms with Crippen LogP contribution in [-0.4, -0.2) is 0 Å². The summed E-state index contributed by atoms with van der Waals surface area (Å²) in [7, 11) is 0. The van der Waals surface area contributed by atoms with E-state index in [2.05, 4.69) is 130 Å². The first-order valence-corrected chi connectivity index (χ1v) is 12.9. The Kier molecular flexibility index (Phi) is 5.39. The van der Waals surface area contributed by atoms with Crippen LogP contribution < -0.4 is 0 Å². The van der Waals surface area contributed by atoms with E-state index in [9.17, 15) is 0 Å². The lowest BCUT2D eigenvalue weighted by atomic mass is 9.65. The topological polar surface area (TPSA) is 0 Å². The number of halogens is 1. The van der Waals surface area contributed by atoms with Crippen molar-refractivity contribution in [2.24, 2.45) is 0 Å². The molecule has 1 unspecified atom stereocenters. The molecular weight excluding hydrogens is 456 g/mol. The molecule has 36 heavy (non-hydrogen) atoms. The molecule has 0 heterocycles. The van der Waals surface area contributed by atoms with Crippen molar-refractivity contribution in [3.8, 4) is 22.3 Å². The summed E-state index contributed by atoms with van der Waals surface area (Å²) in [6.45, 7) is 6.86. The SMILES string of the molecule is CC(C)(C)c1ccc2c(c1)-c1ccccc1C2(c1ccccc1)c1ccccc1-c1cccc(Cl)c1. The van der Waals surface area contributed by atoms with E-state index >= 15 is 0 Å². The minimum absolute atomic E-state index is 0.0701. The lowest BCUT2D eigenvalue weighted by Crippen LogP contribution is -2.29. The zero-order valence-electron chi connectivity index (χ0n) is 20.9. The standard InChI is InChI=1S/C35H29Cl/c1-34(2,3)26-20-21-33-30(23-26)29-17-8-10-19-32(29)35(33,25-13-5-4-6-14-25)31-18-9-7-16-28(31)24-12-11-15-27(36)22-24/h4-23H,1-3H3. The molecule has 176 valence electrons. The normalized spacial score (nSPS) is 16.4. The summed E-state index contributed by atoms with van der Waals surface area (Å²) < 4.78 is 0. The Morgan fingerprint density at radius 1 is 0.528 bits per heavy atom. The van der Waals surface area contributed by atoms with E-state index in [0.717, 1.165) is 10.6 Å². The van der Waals surface area contributed by atoms with E-state index in [1.807, 2.05) is 12.1 Å². The number of hydrogen-bond donors (Lipinski definition) is 0. The maximum absolute atomic E-state index is 6.48. The third-order valence-electron chi connectivity index (χ3n) is 7.58. The average molecular weight is 485 g/mol. The molecule has 6 rings (SSSR count). The van der Waals surface area contributed by atoms with Crippen LogP contribution in [0.15, 0.2) is 121 Å². The molecule has 0 fully saturated rings. The van der Waals surface area contributed by atoms with Crippen LogP contribution in [0.3, 0.4) is 0 Å². The van der Waals surface area contributed by atoms with Crippen molar-refractivity contribution in [3.63, 3.8) is 0 Å². The van der Waals surface area contributed by atoms with Crippen LogP contribution in [0, 0.1) is 0 Å². The molecule has 0 aromatic heterocycles. The second-order valence-corrected chi connectivity index (χ2v) is 11.2. The van der Waals surface area contributed by atoms with Crippen LogP contribution in [0.5, 0.6) is 0 Å². The third kappa shape index (κ3) is 3.44. The van der Waals surface area contributed by atoms with Gasteiger partial charge >= 0.3 is 0 Å². The quantitative estimate of drug-likeness (QED) is 0.234. The van der Waals surface area contributed by atoms with E-state index in [1.54, 1.807) is 0 Å². The molecule has 0 spiro atoms. The van der Waals surface area contributed by atoms with Gasteiger partial charge in [0.15, 0.2) is 0 Å². The van der Waals surface area contributed by atoms with Crippen LogP contribution in [0.2, 0.25) is 5.02 Å².